The van der Waals surface area contributed by atoms with Crippen molar-refractivity contribution in [1.82, 2.24) is 0 Å². The monoisotopic (exact) mass is 338 g/mol. The minimum Gasteiger partial charge on any atom is -0.488 e. The number of esters is 1. The predicted molar refractivity (Wildman–Crippen MR) is 97.2 cm³/mol. The van der Waals surface area contributed by atoms with Gasteiger partial charge >= 0.3 is 5.97 Å². The van der Waals surface area contributed by atoms with Crippen molar-refractivity contribution in [2.75, 3.05) is 6.61 Å². The molecule has 0 aliphatic heterocycles. The summed E-state index contributed by atoms with van der Waals surface area (Å²) in [5, 5.41) is 0. The molecule has 0 unspecified atom stereocenters. The number of aryl methyl sites for hydroxylation is 1. The van der Waals surface area contributed by atoms with Crippen LogP contribution in [0.15, 0.2) is 54.1 Å². The lowest BCUT2D eigenvalue weighted by atomic mass is 10.1. The second-order valence-electron chi connectivity index (χ2n) is 5.65. The summed E-state index contributed by atoms with van der Waals surface area (Å²) in [6.45, 7) is 5.70. The summed E-state index contributed by atoms with van der Waals surface area (Å²) in [4.78, 5) is 23.7. The number of carbonyl (C=O) groups excluding carboxylic acids is 2. The van der Waals surface area contributed by atoms with E-state index in [9.17, 15) is 9.59 Å². The molecule has 0 saturated carbocycles. The van der Waals surface area contributed by atoms with E-state index in [1.807, 2.05) is 49.4 Å². The zero-order valence-corrected chi connectivity index (χ0v) is 14.7. The Labute approximate surface area is 148 Å². The van der Waals surface area contributed by atoms with Gasteiger partial charge in [-0.05, 0) is 38.5 Å². The van der Waals surface area contributed by atoms with Crippen molar-refractivity contribution in [3.05, 3.63) is 70.8 Å². The van der Waals surface area contributed by atoms with Crippen molar-refractivity contribution in [3.63, 3.8) is 0 Å². The number of hydrogen-bond acceptors (Lipinski definition) is 4. The van der Waals surface area contributed by atoms with Crippen molar-refractivity contribution in [1.29, 1.82) is 0 Å². The topological polar surface area (TPSA) is 52.6 Å². The zero-order valence-electron chi connectivity index (χ0n) is 14.7. The van der Waals surface area contributed by atoms with Gasteiger partial charge in [0.15, 0.2) is 5.78 Å². The van der Waals surface area contributed by atoms with Gasteiger partial charge in [-0.2, -0.15) is 0 Å². The molecule has 4 heteroatoms. The molecule has 2 aromatic rings. The molecule has 0 heterocycles. The molecule has 130 valence electrons. The summed E-state index contributed by atoms with van der Waals surface area (Å²) >= 11 is 0. The van der Waals surface area contributed by atoms with Gasteiger partial charge in [0, 0.05) is 5.56 Å². The molecule has 0 aliphatic rings. The highest BCUT2D eigenvalue weighted by Gasteiger charge is 2.16. The van der Waals surface area contributed by atoms with E-state index in [1.54, 1.807) is 13.0 Å². The standard InChI is InChI=1S/C21H22O4/c1-4-24-21(23)19(16(3)22)13-18-7-5-6-8-20(18)25-14-17-11-9-15(2)10-12-17/h5-13H,4,14H2,1-3H3/b19-13+. The predicted octanol–water partition coefficient (Wildman–Crippen LogP) is 4.11. The second kappa shape index (κ2) is 8.83. The third kappa shape index (κ3) is 5.31. The minimum atomic E-state index is -0.622. The van der Waals surface area contributed by atoms with Crippen molar-refractivity contribution >= 4 is 17.8 Å². The highest BCUT2D eigenvalue weighted by atomic mass is 16.5. The Kier molecular flexibility index (Phi) is 6.52. The Morgan fingerprint density at radius 3 is 2.36 bits per heavy atom. The van der Waals surface area contributed by atoms with Gasteiger partial charge < -0.3 is 9.47 Å². The molecule has 4 nitrogen and oxygen atoms in total. The van der Waals surface area contributed by atoms with Gasteiger partial charge in [0.05, 0.1) is 6.61 Å². The van der Waals surface area contributed by atoms with Crippen LogP contribution in [0.2, 0.25) is 0 Å². The van der Waals surface area contributed by atoms with E-state index >= 15 is 0 Å². The molecule has 0 atom stereocenters. The Balaban J connectivity index is 2.23. The molecule has 0 fully saturated rings. The lowest BCUT2D eigenvalue weighted by Crippen LogP contribution is -2.13. The quantitative estimate of drug-likeness (QED) is 0.330. The van der Waals surface area contributed by atoms with Crippen LogP contribution in [0.4, 0.5) is 0 Å². The van der Waals surface area contributed by atoms with Gasteiger partial charge in [-0.1, -0.05) is 48.0 Å². The smallest absolute Gasteiger partial charge is 0.341 e. The summed E-state index contributed by atoms with van der Waals surface area (Å²) in [5.74, 6) is -0.360. The number of hydrogen-bond donors (Lipinski definition) is 0. The summed E-state index contributed by atoms with van der Waals surface area (Å²) in [6, 6.07) is 15.3. The van der Waals surface area contributed by atoms with Crippen molar-refractivity contribution < 1.29 is 19.1 Å². The molecule has 25 heavy (non-hydrogen) atoms. The molecule has 0 spiro atoms. The average molecular weight is 338 g/mol. The lowest BCUT2D eigenvalue weighted by Gasteiger charge is -2.10. The average Bonchev–Trinajstić information content (AvgIpc) is 2.60. The number of para-hydroxylation sites is 1. The summed E-state index contributed by atoms with van der Waals surface area (Å²) in [5.41, 5.74) is 2.90. The maximum atomic E-state index is 12.0. The molecule has 0 bridgehead atoms. The molecule has 0 amide bonds. The first-order chi connectivity index (χ1) is 12.0. The van der Waals surface area contributed by atoms with Crippen LogP contribution >= 0.6 is 0 Å². The lowest BCUT2D eigenvalue weighted by molar-refractivity contribution is -0.139. The number of rotatable bonds is 7. The van der Waals surface area contributed by atoms with Gasteiger partial charge in [0.2, 0.25) is 0 Å². The maximum Gasteiger partial charge on any atom is 0.341 e. The maximum absolute atomic E-state index is 12.0. The van der Waals surface area contributed by atoms with E-state index in [0.717, 1.165) is 5.56 Å². The van der Waals surface area contributed by atoms with E-state index in [1.165, 1.54) is 18.6 Å². The van der Waals surface area contributed by atoms with Crippen LogP contribution in [-0.2, 0) is 20.9 Å². The highest BCUT2D eigenvalue weighted by Crippen LogP contribution is 2.23. The van der Waals surface area contributed by atoms with E-state index in [0.29, 0.717) is 17.9 Å². The van der Waals surface area contributed by atoms with Crippen LogP contribution in [0.3, 0.4) is 0 Å². The molecule has 2 rings (SSSR count). The number of carbonyl (C=O) groups is 2. The van der Waals surface area contributed by atoms with Crippen molar-refractivity contribution in [2.45, 2.75) is 27.4 Å². The second-order valence-corrected chi connectivity index (χ2v) is 5.65. The SMILES string of the molecule is CCOC(=O)/C(=C/c1ccccc1OCc1ccc(C)cc1)C(C)=O. The fraction of sp³-hybridized carbons (Fsp3) is 0.238. The van der Waals surface area contributed by atoms with Crippen LogP contribution in [0, 0.1) is 6.92 Å². The normalized spacial score (nSPS) is 11.1. The molecule has 0 aliphatic carbocycles. The summed E-state index contributed by atoms with van der Waals surface area (Å²) in [7, 11) is 0. The Hall–Kier alpha value is -2.88. The first kappa shape index (κ1) is 18.5. The molecule has 0 radical (unpaired) electrons. The largest absolute Gasteiger partial charge is 0.488 e. The van der Waals surface area contributed by atoms with Gasteiger partial charge in [-0.15, -0.1) is 0 Å². The van der Waals surface area contributed by atoms with Gasteiger partial charge in [-0.3, -0.25) is 4.79 Å². The van der Waals surface area contributed by atoms with Crippen LogP contribution < -0.4 is 4.74 Å². The Bertz CT molecular complexity index is 773. The van der Waals surface area contributed by atoms with E-state index in [4.69, 9.17) is 9.47 Å². The summed E-state index contributed by atoms with van der Waals surface area (Å²) < 4.78 is 10.8. The van der Waals surface area contributed by atoms with E-state index < -0.39 is 5.97 Å². The molecule has 0 N–H and O–H groups in total. The van der Waals surface area contributed by atoms with Crippen LogP contribution in [-0.4, -0.2) is 18.4 Å². The van der Waals surface area contributed by atoms with E-state index in [2.05, 4.69) is 0 Å². The fourth-order valence-corrected chi connectivity index (χ4v) is 2.25. The fourth-order valence-electron chi connectivity index (χ4n) is 2.25. The van der Waals surface area contributed by atoms with Gasteiger partial charge in [0.25, 0.3) is 0 Å². The number of ketones is 1. The van der Waals surface area contributed by atoms with Crippen molar-refractivity contribution in [2.24, 2.45) is 0 Å². The Morgan fingerprint density at radius 2 is 1.72 bits per heavy atom. The molecular formula is C21H22O4. The number of ether oxygens (including phenoxy) is 2. The third-order valence-electron chi connectivity index (χ3n) is 3.61. The molecule has 0 aromatic heterocycles. The number of benzene rings is 2. The highest BCUT2D eigenvalue weighted by molar-refractivity contribution is 6.19. The van der Waals surface area contributed by atoms with Gasteiger partial charge in [0.1, 0.15) is 17.9 Å². The third-order valence-corrected chi connectivity index (χ3v) is 3.61. The number of Topliss-reactive ketones (excluding diaryl/α,β-unsaturated/α-hetero) is 1. The van der Waals surface area contributed by atoms with Crippen LogP contribution in [0.1, 0.15) is 30.5 Å². The first-order valence-corrected chi connectivity index (χ1v) is 8.18. The molecular weight excluding hydrogens is 316 g/mol. The first-order valence-electron chi connectivity index (χ1n) is 8.18. The minimum absolute atomic E-state index is 0.00763. The van der Waals surface area contributed by atoms with Crippen molar-refractivity contribution in [3.8, 4) is 5.75 Å². The Morgan fingerprint density at radius 1 is 1.04 bits per heavy atom. The molecule has 2 aromatic carbocycles. The summed E-state index contributed by atoms with van der Waals surface area (Å²) in [6.07, 6.45) is 1.52. The van der Waals surface area contributed by atoms with Crippen LogP contribution in [0.5, 0.6) is 5.75 Å². The van der Waals surface area contributed by atoms with E-state index in [-0.39, 0.29) is 18.0 Å². The van der Waals surface area contributed by atoms with Crippen LogP contribution in [0.25, 0.3) is 6.08 Å². The van der Waals surface area contributed by atoms with Gasteiger partial charge in [-0.25, -0.2) is 4.79 Å². The molecule has 0 saturated heterocycles. The zero-order chi connectivity index (χ0) is 18.2.